The van der Waals surface area contributed by atoms with Crippen LogP contribution >= 0.6 is 0 Å². The summed E-state index contributed by atoms with van der Waals surface area (Å²) < 4.78 is 5.64. The Hall–Kier alpha value is -2.56. The molecule has 0 aliphatic carbocycles. The minimum atomic E-state index is 0.0748. The van der Waals surface area contributed by atoms with E-state index in [0.29, 0.717) is 17.3 Å². The number of ether oxygens (including phenoxy) is 1. The first-order chi connectivity index (χ1) is 12.5. The van der Waals surface area contributed by atoms with Crippen LogP contribution in [0.4, 0.5) is 11.5 Å². The van der Waals surface area contributed by atoms with Crippen LogP contribution in [0, 0.1) is 5.92 Å². The third kappa shape index (κ3) is 4.75. The summed E-state index contributed by atoms with van der Waals surface area (Å²) >= 11 is 0. The van der Waals surface area contributed by atoms with Gasteiger partial charge in [-0.2, -0.15) is 0 Å². The number of anilines is 2. The number of likely N-dealkylation sites (tertiary alicyclic amines) is 1. The van der Waals surface area contributed by atoms with Crippen LogP contribution in [0.2, 0.25) is 0 Å². The molecule has 1 aromatic carbocycles. The molecule has 0 radical (unpaired) electrons. The largest absolute Gasteiger partial charge is 0.491 e. The number of nitrogens with zero attached hydrogens (tertiary/aromatic N) is 2. The number of carbonyl (C=O) groups excluding carboxylic acids is 1. The number of piperidine rings is 1. The minimum absolute atomic E-state index is 0.0748. The number of benzene rings is 1. The highest BCUT2D eigenvalue weighted by molar-refractivity contribution is 5.94. The molecule has 26 heavy (non-hydrogen) atoms. The number of aromatic nitrogens is 1. The molecule has 138 valence electrons. The lowest BCUT2D eigenvalue weighted by molar-refractivity contribution is 0.0682. The molecule has 1 aliphatic heterocycles. The van der Waals surface area contributed by atoms with E-state index in [1.54, 1.807) is 6.20 Å². The summed E-state index contributed by atoms with van der Waals surface area (Å²) in [6, 6.07) is 11.4. The van der Waals surface area contributed by atoms with Gasteiger partial charge in [0.1, 0.15) is 11.6 Å². The number of hydrogen-bond acceptors (Lipinski definition) is 4. The summed E-state index contributed by atoms with van der Waals surface area (Å²) in [7, 11) is 0. The Morgan fingerprint density at radius 3 is 2.62 bits per heavy atom. The van der Waals surface area contributed by atoms with Crippen molar-refractivity contribution < 1.29 is 9.53 Å². The highest BCUT2D eigenvalue weighted by atomic mass is 16.5. The van der Waals surface area contributed by atoms with Gasteiger partial charge in [-0.15, -0.1) is 0 Å². The normalized spacial score (nSPS) is 17.2. The molecular weight excluding hydrogens is 326 g/mol. The van der Waals surface area contributed by atoms with Gasteiger partial charge in [-0.05, 0) is 69.0 Å². The van der Waals surface area contributed by atoms with Crippen LogP contribution in [0.1, 0.15) is 44.0 Å². The summed E-state index contributed by atoms with van der Waals surface area (Å²) in [4.78, 5) is 18.9. The summed E-state index contributed by atoms with van der Waals surface area (Å²) in [5, 5.41) is 3.25. The lowest BCUT2D eigenvalue weighted by Gasteiger charge is -2.30. The van der Waals surface area contributed by atoms with Crippen molar-refractivity contribution in [3.8, 4) is 5.75 Å². The van der Waals surface area contributed by atoms with Crippen molar-refractivity contribution in [2.45, 2.75) is 39.7 Å². The fraction of sp³-hybridized carbons (Fsp3) is 0.429. The average molecular weight is 353 g/mol. The molecule has 0 spiro atoms. The van der Waals surface area contributed by atoms with Gasteiger partial charge in [-0.3, -0.25) is 4.79 Å². The van der Waals surface area contributed by atoms with E-state index >= 15 is 0 Å². The van der Waals surface area contributed by atoms with E-state index in [9.17, 15) is 4.79 Å². The highest BCUT2D eigenvalue weighted by Gasteiger charge is 2.22. The molecule has 1 fully saturated rings. The van der Waals surface area contributed by atoms with Crippen LogP contribution in [0.25, 0.3) is 0 Å². The number of pyridine rings is 1. The third-order valence-corrected chi connectivity index (χ3v) is 4.45. The molecule has 1 aliphatic rings. The van der Waals surface area contributed by atoms with Crippen LogP contribution in [0.3, 0.4) is 0 Å². The van der Waals surface area contributed by atoms with Crippen molar-refractivity contribution in [1.29, 1.82) is 0 Å². The van der Waals surface area contributed by atoms with E-state index in [4.69, 9.17) is 4.74 Å². The number of nitrogens with one attached hydrogen (secondary N) is 1. The number of rotatable bonds is 5. The molecule has 2 aromatic rings. The van der Waals surface area contributed by atoms with Crippen molar-refractivity contribution in [2.75, 3.05) is 18.4 Å². The van der Waals surface area contributed by atoms with Crippen molar-refractivity contribution in [3.05, 3.63) is 48.2 Å². The fourth-order valence-electron chi connectivity index (χ4n) is 3.19. The Kier molecular flexibility index (Phi) is 5.76. The van der Waals surface area contributed by atoms with Gasteiger partial charge >= 0.3 is 0 Å². The molecular formula is C21H27N3O2. The molecule has 1 unspecified atom stereocenters. The van der Waals surface area contributed by atoms with Gasteiger partial charge < -0.3 is 15.0 Å². The fourth-order valence-corrected chi connectivity index (χ4v) is 3.19. The van der Waals surface area contributed by atoms with Gasteiger partial charge in [0.2, 0.25) is 0 Å². The smallest absolute Gasteiger partial charge is 0.255 e. The van der Waals surface area contributed by atoms with E-state index in [-0.39, 0.29) is 12.0 Å². The molecule has 1 N–H and O–H groups in total. The number of amides is 1. The maximum absolute atomic E-state index is 12.6. The molecule has 5 heteroatoms. The van der Waals surface area contributed by atoms with E-state index in [2.05, 4.69) is 17.2 Å². The quantitative estimate of drug-likeness (QED) is 0.861. The monoisotopic (exact) mass is 353 g/mol. The second kappa shape index (κ2) is 8.21. The lowest BCUT2D eigenvalue weighted by atomic mass is 10.00. The van der Waals surface area contributed by atoms with E-state index in [1.165, 1.54) is 6.42 Å². The molecule has 2 heterocycles. The first-order valence-electron chi connectivity index (χ1n) is 9.30. The Morgan fingerprint density at radius 2 is 2.00 bits per heavy atom. The van der Waals surface area contributed by atoms with Gasteiger partial charge in [0, 0.05) is 25.0 Å². The molecule has 1 atom stereocenters. The van der Waals surface area contributed by atoms with Crippen molar-refractivity contribution in [1.82, 2.24) is 9.88 Å². The molecule has 3 rings (SSSR count). The lowest BCUT2D eigenvalue weighted by Crippen LogP contribution is -2.39. The standard InChI is InChI=1S/C21H27N3O2/c1-15(2)26-19-9-7-18(8-10-19)23-20-11-6-17(13-22-20)21(25)24-12-4-5-16(3)14-24/h6-11,13,15-16H,4-5,12,14H2,1-3H3,(H,22,23). The summed E-state index contributed by atoms with van der Waals surface area (Å²) in [5.41, 5.74) is 1.57. The second-order valence-corrected chi connectivity index (χ2v) is 7.25. The summed E-state index contributed by atoms with van der Waals surface area (Å²) in [5.74, 6) is 2.20. The van der Waals surface area contributed by atoms with Crippen molar-refractivity contribution >= 4 is 17.4 Å². The third-order valence-electron chi connectivity index (χ3n) is 4.45. The van der Waals surface area contributed by atoms with Gasteiger partial charge in [-0.1, -0.05) is 6.92 Å². The zero-order valence-electron chi connectivity index (χ0n) is 15.7. The zero-order valence-corrected chi connectivity index (χ0v) is 15.7. The average Bonchev–Trinajstić information content (AvgIpc) is 2.63. The van der Waals surface area contributed by atoms with Gasteiger partial charge in [0.05, 0.1) is 11.7 Å². The van der Waals surface area contributed by atoms with Crippen LogP contribution in [-0.4, -0.2) is 35.0 Å². The predicted molar refractivity (Wildman–Crippen MR) is 104 cm³/mol. The Morgan fingerprint density at radius 1 is 1.23 bits per heavy atom. The maximum Gasteiger partial charge on any atom is 0.255 e. The SMILES string of the molecule is CC1CCCN(C(=O)c2ccc(Nc3ccc(OC(C)C)cc3)nc2)C1. The van der Waals surface area contributed by atoms with Crippen LogP contribution in [0.5, 0.6) is 5.75 Å². The molecule has 0 bridgehead atoms. The summed E-state index contributed by atoms with van der Waals surface area (Å²) in [6.07, 6.45) is 4.09. The topological polar surface area (TPSA) is 54.5 Å². The van der Waals surface area contributed by atoms with Gasteiger partial charge in [-0.25, -0.2) is 4.98 Å². The Balaban J connectivity index is 1.61. The first kappa shape index (κ1) is 18.2. The molecule has 0 saturated carbocycles. The van der Waals surface area contributed by atoms with Gasteiger partial charge in [0.25, 0.3) is 5.91 Å². The van der Waals surface area contributed by atoms with E-state index < -0.39 is 0 Å². The van der Waals surface area contributed by atoms with Crippen LogP contribution < -0.4 is 10.1 Å². The van der Waals surface area contributed by atoms with Crippen molar-refractivity contribution in [3.63, 3.8) is 0 Å². The molecule has 5 nitrogen and oxygen atoms in total. The number of hydrogen-bond donors (Lipinski definition) is 1. The number of carbonyl (C=O) groups is 1. The van der Waals surface area contributed by atoms with Crippen LogP contribution in [0.15, 0.2) is 42.6 Å². The minimum Gasteiger partial charge on any atom is -0.491 e. The van der Waals surface area contributed by atoms with Gasteiger partial charge in [0.15, 0.2) is 0 Å². The first-order valence-corrected chi connectivity index (χ1v) is 9.30. The predicted octanol–water partition coefficient (Wildman–Crippen LogP) is 4.48. The second-order valence-electron chi connectivity index (χ2n) is 7.25. The molecule has 1 amide bonds. The Labute approximate surface area is 155 Å². The Bertz CT molecular complexity index is 726. The highest BCUT2D eigenvalue weighted by Crippen LogP contribution is 2.21. The molecule has 1 saturated heterocycles. The summed E-state index contributed by atoms with van der Waals surface area (Å²) in [6.45, 7) is 7.88. The molecule has 1 aromatic heterocycles. The van der Waals surface area contributed by atoms with E-state index in [1.807, 2.05) is 55.1 Å². The zero-order chi connectivity index (χ0) is 18.5. The van der Waals surface area contributed by atoms with Crippen LogP contribution in [-0.2, 0) is 0 Å². The maximum atomic E-state index is 12.6. The van der Waals surface area contributed by atoms with E-state index in [0.717, 1.165) is 30.9 Å². The van der Waals surface area contributed by atoms with Crippen molar-refractivity contribution in [2.24, 2.45) is 5.92 Å².